The summed E-state index contributed by atoms with van der Waals surface area (Å²) in [6, 6.07) is 7.32. The number of aliphatic carboxylic acids is 1. The van der Waals surface area contributed by atoms with Crippen LogP contribution in [-0.2, 0) is 9.59 Å². The van der Waals surface area contributed by atoms with Crippen molar-refractivity contribution in [2.24, 2.45) is 17.8 Å². The van der Waals surface area contributed by atoms with Crippen molar-refractivity contribution < 1.29 is 14.7 Å². The molecular formula is C17H22ClNO3. The first-order chi connectivity index (χ1) is 10.4. The molecule has 22 heavy (non-hydrogen) atoms. The van der Waals surface area contributed by atoms with Gasteiger partial charge in [0.15, 0.2) is 0 Å². The van der Waals surface area contributed by atoms with E-state index in [1.54, 1.807) is 12.1 Å². The van der Waals surface area contributed by atoms with Crippen molar-refractivity contribution in [3.8, 4) is 0 Å². The second kappa shape index (κ2) is 7.14. The molecule has 1 saturated carbocycles. The number of hydrogen-bond donors (Lipinski definition) is 2. The molecule has 3 unspecified atom stereocenters. The smallest absolute Gasteiger partial charge is 0.307 e. The van der Waals surface area contributed by atoms with Gasteiger partial charge in [0, 0.05) is 5.02 Å². The Kier molecular flexibility index (Phi) is 5.46. The standard InChI is InChI=1S/C17H22ClNO3/c1-10(2)9-15(11-3-5-12(18)6-4-11)19-16(20)13-7-8-14(13)17(21)22/h3-6,10,13-15H,7-9H2,1-2H3,(H,19,20)(H,21,22). The molecule has 0 spiro atoms. The molecule has 0 bridgehead atoms. The molecule has 1 aromatic rings. The maximum absolute atomic E-state index is 12.4. The van der Waals surface area contributed by atoms with Crippen LogP contribution in [0.3, 0.4) is 0 Å². The molecule has 2 N–H and O–H groups in total. The molecule has 3 atom stereocenters. The molecule has 0 radical (unpaired) electrons. The lowest BCUT2D eigenvalue weighted by Crippen LogP contribution is -2.45. The van der Waals surface area contributed by atoms with E-state index in [-0.39, 0.29) is 11.9 Å². The van der Waals surface area contributed by atoms with E-state index in [9.17, 15) is 9.59 Å². The average molecular weight is 324 g/mol. The second-order valence-corrected chi connectivity index (χ2v) is 6.81. The number of carboxylic acid groups (broad SMARTS) is 1. The molecule has 0 heterocycles. The lowest BCUT2D eigenvalue weighted by atomic mass is 9.73. The molecule has 2 rings (SSSR count). The molecule has 0 aromatic heterocycles. The predicted octanol–water partition coefficient (Wildman–Crippen LogP) is 3.65. The van der Waals surface area contributed by atoms with E-state index >= 15 is 0 Å². The number of rotatable bonds is 6. The summed E-state index contributed by atoms with van der Waals surface area (Å²) >= 11 is 5.91. The van der Waals surface area contributed by atoms with Crippen LogP contribution in [0, 0.1) is 17.8 Å². The van der Waals surface area contributed by atoms with Crippen LogP contribution in [0.2, 0.25) is 5.02 Å². The Bertz CT molecular complexity index is 541. The molecule has 1 fully saturated rings. The Morgan fingerprint density at radius 1 is 1.23 bits per heavy atom. The highest BCUT2D eigenvalue weighted by Crippen LogP contribution is 2.35. The molecule has 1 amide bonds. The molecule has 1 aromatic carbocycles. The van der Waals surface area contributed by atoms with E-state index in [0.29, 0.717) is 23.8 Å². The van der Waals surface area contributed by atoms with Crippen LogP contribution in [0.25, 0.3) is 0 Å². The minimum atomic E-state index is -0.877. The minimum Gasteiger partial charge on any atom is -0.481 e. The van der Waals surface area contributed by atoms with Crippen LogP contribution in [0.15, 0.2) is 24.3 Å². The van der Waals surface area contributed by atoms with E-state index in [1.165, 1.54) is 0 Å². The summed E-state index contributed by atoms with van der Waals surface area (Å²) in [6.07, 6.45) is 2.04. The molecule has 4 nitrogen and oxygen atoms in total. The van der Waals surface area contributed by atoms with Gasteiger partial charge in [-0.25, -0.2) is 0 Å². The van der Waals surface area contributed by atoms with E-state index in [4.69, 9.17) is 16.7 Å². The molecule has 0 aliphatic heterocycles. The van der Waals surface area contributed by atoms with E-state index in [2.05, 4.69) is 19.2 Å². The van der Waals surface area contributed by atoms with Crippen molar-refractivity contribution in [2.45, 2.75) is 39.2 Å². The first-order valence-electron chi connectivity index (χ1n) is 7.67. The van der Waals surface area contributed by atoms with Gasteiger partial charge in [-0.2, -0.15) is 0 Å². The van der Waals surface area contributed by atoms with Crippen molar-refractivity contribution in [1.29, 1.82) is 0 Å². The van der Waals surface area contributed by atoms with Gasteiger partial charge in [0.2, 0.25) is 5.91 Å². The van der Waals surface area contributed by atoms with Gasteiger partial charge in [-0.15, -0.1) is 0 Å². The largest absolute Gasteiger partial charge is 0.481 e. The zero-order valence-electron chi connectivity index (χ0n) is 12.9. The third-order valence-corrected chi connectivity index (χ3v) is 4.48. The number of carbonyl (C=O) groups is 2. The van der Waals surface area contributed by atoms with Crippen LogP contribution in [0.1, 0.15) is 44.7 Å². The summed E-state index contributed by atoms with van der Waals surface area (Å²) in [6.45, 7) is 4.19. The SMILES string of the molecule is CC(C)CC(NC(=O)C1CCC1C(=O)O)c1ccc(Cl)cc1. The number of benzene rings is 1. The highest BCUT2D eigenvalue weighted by atomic mass is 35.5. The highest BCUT2D eigenvalue weighted by molar-refractivity contribution is 6.30. The maximum Gasteiger partial charge on any atom is 0.307 e. The number of hydrogen-bond acceptors (Lipinski definition) is 2. The third kappa shape index (κ3) is 4.01. The third-order valence-electron chi connectivity index (χ3n) is 4.22. The first kappa shape index (κ1) is 16.8. The zero-order chi connectivity index (χ0) is 16.3. The van der Waals surface area contributed by atoms with Gasteiger partial charge in [0.1, 0.15) is 0 Å². The normalized spacial score (nSPS) is 22.0. The molecule has 1 aliphatic rings. The molecule has 120 valence electrons. The van der Waals surface area contributed by atoms with Crippen LogP contribution in [-0.4, -0.2) is 17.0 Å². The van der Waals surface area contributed by atoms with Crippen molar-refractivity contribution >= 4 is 23.5 Å². The zero-order valence-corrected chi connectivity index (χ0v) is 13.6. The Morgan fingerprint density at radius 2 is 1.82 bits per heavy atom. The summed E-state index contributed by atoms with van der Waals surface area (Å²) in [7, 11) is 0. The van der Waals surface area contributed by atoms with Crippen LogP contribution >= 0.6 is 11.6 Å². The topological polar surface area (TPSA) is 66.4 Å². The number of carbonyl (C=O) groups excluding carboxylic acids is 1. The second-order valence-electron chi connectivity index (χ2n) is 6.37. The summed E-state index contributed by atoms with van der Waals surface area (Å²) in [5.74, 6) is -1.56. The van der Waals surface area contributed by atoms with Crippen molar-refractivity contribution in [3.05, 3.63) is 34.9 Å². The monoisotopic (exact) mass is 323 g/mol. The van der Waals surface area contributed by atoms with Crippen LogP contribution < -0.4 is 5.32 Å². The van der Waals surface area contributed by atoms with Crippen LogP contribution in [0.4, 0.5) is 0 Å². The minimum absolute atomic E-state index is 0.111. The Labute approximate surface area is 135 Å². The van der Waals surface area contributed by atoms with Crippen molar-refractivity contribution in [3.63, 3.8) is 0 Å². The van der Waals surface area contributed by atoms with Crippen molar-refractivity contribution in [2.75, 3.05) is 0 Å². The average Bonchev–Trinajstić information content (AvgIpc) is 2.36. The Balaban J connectivity index is 2.08. The lowest BCUT2D eigenvalue weighted by molar-refractivity contribution is -0.153. The number of carboxylic acids is 1. The first-order valence-corrected chi connectivity index (χ1v) is 8.05. The van der Waals surface area contributed by atoms with Gasteiger partial charge >= 0.3 is 5.97 Å². The van der Waals surface area contributed by atoms with E-state index < -0.39 is 17.8 Å². The summed E-state index contributed by atoms with van der Waals surface area (Å²) < 4.78 is 0. The highest BCUT2D eigenvalue weighted by Gasteiger charge is 2.41. The summed E-state index contributed by atoms with van der Waals surface area (Å²) in [4.78, 5) is 23.4. The van der Waals surface area contributed by atoms with Crippen molar-refractivity contribution in [1.82, 2.24) is 5.32 Å². The van der Waals surface area contributed by atoms with E-state index in [1.807, 2.05) is 12.1 Å². The lowest BCUT2D eigenvalue weighted by Gasteiger charge is -2.33. The Morgan fingerprint density at radius 3 is 2.27 bits per heavy atom. The van der Waals surface area contributed by atoms with E-state index in [0.717, 1.165) is 12.0 Å². The van der Waals surface area contributed by atoms with Crippen LogP contribution in [0.5, 0.6) is 0 Å². The maximum atomic E-state index is 12.4. The van der Waals surface area contributed by atoms with Gasteiger partial charge in [0.25, 0.3) is 0 Å². The predicted molar refractivity (Wildman–Crippen MR) is 85.6 cm³/mol. The fourth-order valence-corrected chi connectivity index (χ4v) is 2.96. The number of amides is 1. The molecule has 0 saturated heterocycles. The quantitative estimate of drug-likeness (QED) is 0.839. The van der Waals surface area contributed by atoms with Gasteiger partial charge in [0.05, 0.1) is 17.9 Å². The Hall–Kier alpha value is -1.55. The van der Waals surface area contributed by atoms with Gasteiger partial charge in [-0.05, 0) is 42.9 Å². The number of halogens is 1. The molecule has 5 heteroatoms. The summed E-state index contributed by atoms with van der Waals surface area (Å²) in [5.41, 5.74) is 0.998. The molecular weight excluding hydrogens is 302 g/mol. The fraction of sp³-hybridized carbons (Fsp3) is 0.529. The van der Waals surface area contributed by atoms with Gasteiger partial charge < -0.3 is 10.4 Å². The fourth-order valence-electron chi connectivity index (χ4n) is 2.83. The van der Waals surface area contributed by atoms with Gasteiger partial charge in [-0.3, -0.25) is 9.59 Å². The van der Waals surface area contributed by atoms with Gasteiger partial charge in [-0.1, -0.05) is 37.6 Å². The summed E-state index contributed by atoms with van der Waals surface area (Å²) in [5, 5.41) is 12.8. The molecule has 1 aliphatic carbocycles. The number of nitrogens with one attached hydrogen (secondary N) is 1.